The molecule has 1 unspecified atom stereocenters. The number of aromatic hydroxyl groups is 2. The minimum atomic E-state index is -0.0527. The standard InChI is InChI=1S/C18H22O3/c1-11-7-17(20)18(21)10-14(11)8-12-3-2-4-13-9-15(19)5-6-16(12)13/h7,10,12,20-21H,2-6,8-9H2,1H3. The van der Waals surface area contributed by atoms with Crippen molar-refractivity contribution in [2.45, 2.75) is 51.9 Å². The Labute approximate surface area is 125 Å². The smallest absolute Gasteiger partial charge is 0.157 e. The Bertz CT molecular complexity index is 613. The van der Waals surface area contributed by atoms with Gasteiger partial charge in [-0.25, -0.2) is 0 Å². The van der Waals surface area contributed by atoms with Crippen molar-refractivity contribution < 1.29 is 15.0 Å². The van der Waals surface area contributed by atoms with E-state index in [2.05, 4.69) is 0 Å². The summed E-state index contributed by atoms with van der Waals surface area (Å²) in [6.45, 7) is 1.97. The number of allylic oxidation sites excluding steroid dienone is 2. The quantitative estimate of drug-likeness (QED) is 0.642. The van der Waals surface area contributed by atoms with Crippen LogP contribution in [-0.2, 0) is 11.2 Å². The molecule has 0 saturated carbocycles. The van der Waals surface area contributed by atoms with E-state index in [-0.39, 0.29) is 11.5 Å². The van der Waals surface area contributed by atoms with Crippen LogP contribution in [0.4, 0.5) is 0 Å². The first-order chi connectivity index (χ1) is 10.0. The van der Waals surface area contributed by atoms with Crippen LogP contribution < -0.4 is 0 Å². The molecule has 0 aliphatic heterocycles. The number of rotatable bonds is 2. The van der Waals surface area contributed by atoms with Crippen LogP contribution in [0.25, 0.3) is 0 Å². The fourth-order valence-corrected chi connectivity index (χ4v) is 3.80. The predicted octanol–water partition coefficient (Wildman–Crippen LogP) is 3.80. The second-order valence-electron chi connectivity index (χ2n) is 6.40. The lowest BCUT2D eigenvalue weighted by Crippen LogP contribution is -2.21. The molecule has 21 heavy (non-hydrogen) atoms. The van der Waals surface area contributed by atoms with E-state index in [1.165, 1.54) is 11.1 Å². The van der Waals surface area contributed by atoms with Gasteiger partial charge in [-0.05, 0) is 68.2 Å². The van der Waals surface area contributed by atoms with Crippen LogP contribution in [-0.4, -0.2) is 16.0 Å². The highest BCUT2D eigenvalue weighted by atomic mass is 16.3. The molecular weight excluding hydrogens is 264 g/mol. The normalized spacial score (nSPS) is 22.3. The highest BCUT2D eigenvalue weighted by Crippen LogP contribution is 2.40. The number of ketones is 1. The van der Waals surface area contributed by atoms with Crippen molar-refractivity contribution in [1.82, 2.24) is 0 Å². The van der Waals surface area contributed by atoms with Crippen molar-refractivity contribution in [1.29, 1.82) is 0 Å². The van der Waals surface area contributed by atoms with Crippen molar-refractivity contribution in [3.05, 3.63) is 34.4 Å². The fraction of sp³-hybridized carbons (Fsp3) is 0.500. The first-order valence-corrected chi connectivity index (χ1v) is 7.78. The summed E-state index contributed by atoms with van der Waals surface area (Å²) in [6, 6.07) is 3.32. The number of Topliss-reactive ketones (excluding diaryl/α,β-unsaturated/α-hetero) is 1. The van der Waals surface area contributed by atoms with E-state index in [4.69, 9.17) is 0 Å². The van der Waals surface area contributed by atoms with E-state index < -0.39 is 0 Å². The second-order valence-corrected chi connectivity index (χ2v) is 6.40. The molecular formula is C18H22O3. The molecule has 0 radical (unpaired) electrons. The van der Waals surface area contributed by atoms with Crippen molar-refractivity contribution >= 4 is 5.78 Å². The molecule has 1 aromatic rings. The molecule has 0 aromatic heterocycles. The SMILES string of the molecule is Cc1cc(O)c(O)cc1CC1CCCC2=C1CCC(=O)C2. The summed E-state index contributed by atoms with van der Waals surface area (Å²) < 4.78 is 0. The van der Waals surface area contributed by atoms with E-state index in [0.717, 1.165) is 43.2 Å². The average Bonchev–Trinajstić information content (AvgIpc) is 2.44. The number of hydrogen-bond acceptors (Lipinski definition) is 3. The van der Waals surface area contributed by atoms with Gasteiger partial charge in [-0.1, -0.05) is 11.1 Å². The lowest BCUT2D eigenvalue weighted by molar-refractivity contribution is -0.118. The molecule has 3 rings (SSSR count). The van der Waals surface area contributed by atoms with Gasteiger partial charge in [-0.3, -0.25) is 4.79 Å². The van der Waals surface area contributed by atoms with Gasteiger partial charge in [-0.2, -0.15) is 0 Å². The highest BCUT2D eigenvalue weighted by molar-refractivity contribution is 5.82. The highest BCUT2D eigenvalue weighted by Gasteiger charge is 2.28. The number of carbonyl (C=O) groups is 1. The fourth-order valence-electron chi connectivity index (χ4n) is 3.80. The van der Waals surface area contributed by atoms with E-state index in [9.17, 15) is 15.0 Å². The first-order valence-electron chi connectivity index (χ1n) is 7.78. The molecule has 1 atom stereocenters. The molecule has 2 aliphatic carbocycles. The molecule has 0 spiro atoms. The first kappa shape index (κ1) is 14.2. The van der Waals surface area contributed by atoms with E-state index in [1.807, 2.05) is 6.92 Å². The minimum absolute atomic E-state index is 0.0422. The summed E-state index contributed by atoms with van der Waals surface area (Å²) in [6.07, 6.45) is 6.56. The van der Waals surface area contributed by atoms with Crippen molar-refractivity contribution in [3.8, 4) is 11.5 Å². The molecule has 112 valence electrons. The Morgan fingerprint density at radius 2 is 1.90 bits per heavy atom. The zero-order valence-electron chi connectivity index (χ0n) is 12.5. The van der Waals surface area contributed by atoms with E-state index >= 15 is 0 Å². The van der Waals surface area contributed by atoms with Gasteiger partial charge in [0.15, 0.2) is 11.5 Å². The maximum Gasteiger partial charge on any atom is 0.157 e. The Morgan fingerprint density at radius 3 is 2.71 bits per heavy atom. The van der Waals surface area contributed by atoms with Gasteiger partial charge in [0.25, 0.3) is 0 Å². The summed E-state index contributed by atoms with van der Waals surface area (Å²) in [7, 11) is 0. The summed E-state index contributed by atoms with van der Waals surface area (Å²) in [5.41, 5.74) is 4.99. The number of benzene rings is 1. The molecule has 0 saturated heterocycles. The lowest BCUT2D eigenvalue weighted by Gasteiger charge is -2.32. The molecule has 0 fully saturated rings. The number of aryl methyl sites for hydroxylation is 1. The Hall–Kier alpha value is -1.77. The van der Waals surface area contributed by atoms with Crippen LogP contribution in [0.1, 0.15) is 49.7 Å². The molecule has 2 N–H and O–H groups in total. The van der Waals surface area contributed by atoms with Crippen LogP contribution in [0.3, 0.4) is 0 Å². The molecule has 3 heteroatoms. The number of carbonyl (C=O) groups excluding carboxylic acids is 1. The predicted molar refractivity (Wildman–Crippen MR) is 81.4 cm³/mol. The van der Waals surface area contributed by atoms with Gasteiger partial charge >= 0.3 is 0 Å². The van der Waals surface area contributed by atoms with Gasteiger partial charge in [-0.15, -0.1) is 0 Å². The Balaban J connectivity index is 1.86. The molecule has 2 aliphatic rings. The third-order valence-corrected chi connectivity index (χ3v) is 4.96. The third-order valence-electron chi connectivity index (χ3n) is 4.96. The lowest BCUT2D eigenvalue weighted by atomic mass is 9.73. The largest absolute Gasteiger partial charge is 0.504 e. The van der Waals surface area contributed by atoms with Crippen molar-refractivity contribution in [2.24, 2.45) is 5.92 Å². The summed E-state index contributed by atoms with van der Waals surface area (Å²) in [5.74, 6) is 0.778. The molecule has 0 amide bonds. The van der Waals surface area contributed by atoms with Gasteiger partial charge in [0.2, 0.25) is 0 Å². The van der Waals surface area contributed by atoms with Gasteiger partial charge in [0.05, 0.1) is 0 Å². The van der Waals surface area contributed by atoms with Gasteiger partial charge < -0.3 is 10.2 Å². The third kappa shape index (κ3) is 2.82. The molecule has 3 nitrogen and oxygen atoms in total. The average molecular weight is 286 g/mol. The zero-order valence-corrected chi connectivity index (χ0v) is 12.5. The van der Waals surface area contributed by atoms with Gasteiger partial charge in [0.1, 0.15) is 5.78 Å². The molecule has 0 heterocycles. The minimum Gasteiger partial charge on any atom is -0.504 e. The number of phenolic OH excluding ortho intramolecular Hbond substituents is 2. The van der Waals surface area contributed by atoms with Crippen LogP contribution in [0, 0.1) is 12.8 Å². The van der Waals surface area contributed by atoms with E-state index in [0.29, 0.717) is 24.5 Å². The second kappa shape index (κ2) is 5.55. The monoisotopic (exact) mass is 286 g/mol. The molecule has 1 aromatic carbocycles. The van der Waals surface area contributed by atoms with Crippen LogP contribution in [0.15, 0.2) is 23.3 Å². The van der Waals surface area contributed by atoms with Crippen molar-refractivity contribution in [3.63, 3.8) is 0 Å². The Kier molecular flexibility index (Phi) is 3.75. The molecule has 0 bridgehead atoms. The summed E-state index contributed by atoms with van der Waals surface area (Å²) in [4.78, 5) is 11.6. The number of phenols is 2. The summed E-state index contributed by atoms with van der Waals surface area (Å²) >= 11 is 0. The van der Waals surface area contributed by atoms with Crippen molar-refractivity contribution in [2.75, 3.05) is 0 Å². The maximum atomic E-state index is 11.6. The van der Waals surface area contributed by atoms with Crippen LogP contribution in [0.2, 0.25) is 0 Å². The maximum absolute atomic E-state index is 11.6. The van der Waals surface area contributed by atoms with Crippen LogP contribution in [0.5, 0.6) is 11.5 Å². The Morgan fingerprint density at radius 1 is 1.14 bits per heavy atom. The number of hydrogen-bond donors (Lipinski definition) is 2. The summed E-state index contributed by atoms with van der Waals surface area (Å²) in [5, 5.41) is 19.3. The zero-order chi connectivity index (χ0) is 15.0. The topological polar surface area (TPSA) is 57.5 Å². The van der Waals surface area contributed by atoms with Crippen LogP contribution >= 0.6 is 0 Å². The van der Waals surface area contributed by atoms with Gasteiger partial charge in [0, 0.05) is 12.8 Å². The van der Waals surface area contributed by atoms with E-state index in [1.54, 1.807) is 12.1 Å².